The number of hydrogen-bond acceptors (Lipinski definition) is 1. The standard InChI is InChI=1S/C17H25ClO/c1-2-3-4-5-6-9-16(18)14-10-11-17-15(13-14)8-7-12-19-17/h10-11,13,16H,2-9,12H2,1H3. The van der Waals surface area contributed by atoms with E-state index in [0.717, 1.165) is 31.6 Å². The molecule has 0 amide bonds. The number of ether oxygens (including phenoxy) is 1. The van der Waals surface area contributed by atoms with Crippen molar-refractivity contribution in [2.24, 2.45) is 0 Å². The molecule has 0 fully saturated rings. The molecule has 1 unspecified atom stereocenters. The summed E-state index contributed by atoms with van der Waals surface area (Å²) in [5, 5.41) is 0.161. The molecule has 0 bridgehead atoms. The quantitative estimate of drug-likeness (QED) is 0.463. The molecule has 0 N–H and O–H groups in total. The lowest BCUT2D eigenvalue weighted by atomic mass is 9.99. The van der Waals surface area contributed by atoms with Gasteiger partial charge in [0.1, 0.15) is 5.75 Å². The van der Waals surface area contributed by atoms with Gasteiger partial charge in [-0.2, -0.15) is 0 Å². The molecule has 1 atom stereocenters. The monoisotopic (exact) mass is 280 g/mol. The lowest BCUT2D eigenvalue weighted by Crippen LogP contribution is -2.08. The van der Waals surface area contributed by atoms with E-state index in [1.54, 1.807) is 0 Å². The summed E-state index contributed by atoms with van der Waals surface area (Å²) in [6, 6.07) is 6.47. The van der Waals surface area contributed by atoms with Crippen LogP contribution < -0.4 is 4.74 Å². The van der Waals surface area contributed by atoms with Crippen LogP contribution in [-0.4, -0.2) is 6.61 Å². The molecule has 1 aromatic rings. The van der Waals surface area contributed by atoms with Crippen LogP contribution in [0.5, 0.6) is 5.75 Å². The van der Waals surface area contributed by atoms with Crippen LogP contribution in [0.15, 0.2) is 18.2 Å². The summed E-state index contributed by atoms with van der Waals surface area (Å²) >= 11 is 6.52. The summed E-state index contributed by atoms with van der Waals surface area (Å²) < 4.78 is 5.64. The van der Waals surface area contributed by atoms with Gasteiger partial charge in [0, 0.05) is 0 Å². The Morgan fingerprint density at radius 3 is 2.89 bits per heavy atom. The molecule has 0 saturated heterocycles. The first-order valence-electron chi connectivity index (χ1n) is 7.71. The Morgan fingerprint density at radius 1 is 1.21 bits per heavy atom. The number of hydrogen-bond donors (Lipinski definition) is 0. The number of rotatable bonds is 7. The molecule has 19 heavy (non-hydrogen) atoms. The van der Waals surface area contributed by atoms with Gasteiger partial charge in [0.2, 0.25) is 0 Å². The van der Waals surface area contributed by atoms with Gasteiger partial charge in [-0.1, -0.05) is 51.2 Å². The van der Waals surface area contributed by atoms with E-state index in [1.165, 1.54) is 43.2 Å². The molecule has 1 aliphatic rings. The van der Waals surface area contributed by atoms with Crippen molar-refractivity contribution < 1.29 is 4.74 Å². The summed E-state index contributed by atoms with van der Waals surface area (Å²) in [7, 11) is 0. The van der Waals surface area contributed by atoms with E-state index in [9.17, 15) is 0 Å². The summed E-state index contributed by atoms with van der Waals surface area (Å²) in [5.74, 6) is 1.06. The van der Waals surface area contributed by atoms with E-state index in [1.807, 2.05) is 0 Å². The predicted octanol–water partition coefficient (Wildman–Crippen LogP) is 5.65. The fourth-order valence-corrected chi connectivity index (χ4v) is 2.96. The number of aryl methyl sites for hydroxylation is 1. The third-order valence-corrected chi connectivity index (χ3v) is 4.33. The van der Waals surface area contributed by atoms with Crippen molar-refractivity contribution in [1.82, 2.24) is 0 Å². The average Bonchev–Trinajstić information content (AvgIpc) is 2.46. The second-order valence-electron chi connectivity index (χ2n) is 5.49. The first-order chi connectivity index (χ1) is 9.31. The van der Waals surface area contributed by atoms with E-state index >= 15 is 0 Å². The number of unbranched alkanes of at least 4 members (excludes halogenated alkanes) is 4. The van der Waals surface area contributed by atoms with Gasteiger partial charge in [0.05, 0.1) is 12.0 Å². The van der Waals surface area contributed by atoms with Gasteiger partial charge in [-0.25, -0.2) is 0 Å². The minimum absolute atomic E-state index is 0.161. The van der Waals surface area contributed by atoms with Crippen LogP contribution in [-0.2, 0) is 6.42 Å². The first kappa shape index (κ1) is 14.7. The summed E-state index contributed by atoms with van der Waals surface area (Å²) in [4.78, 5) is 0. The van der Waals surface area contributed by atoms with Gasteiger partial charge in [-0.3, -0.25) is 0 Å². The molecule has 1 aromatic carbocycles. The first-order valence-corrected chi connectivity index (χ1v) is 8.14. The highest BCUT2D eigenvalue weighted by atomic mass is 35.5. The Kier molecular flexibility index (Phi) is 6.03. The number of alkyl halides is 1. The molecule has 0 aliphatic carbocycles. The third kappa shape index (κ3) is 4.42. The van der Waals surface area contributed by atoms with Gasteiger partial charge in [0.25, 0.3) is 0 Å². The number of halogens is 1. The molecule has 106 valence electrons. The third-order valence-electron chi connectivity index (χ3n) is 3.86. The van der Waals surface area contributed by atoms with Gasteiger partial charge < -0.3 is 4.74 Å². The van der Waals surface area contributed by atoms with Gasteiger partial charge in [-0.05, 0) is 36.5 Å². The summed E-state index contributed by atoms with van der Waals surface area (Å²) in [5.41, 5.74) is 2.60. The van der Waals surface area contributed by atoms with Crippen LogP contribution in [0.3, 0.4) is 0 Å². The molecule has 2 heteroatoms. The van der Waals surface area contributed by atoms with Crippen molar-refractivity contribution in [3.63, 3.8) is 0 Å². The van der Waals surface area contributed by atoms with E-state index in [2.05, 4.69) is 25.1 Å². The maximum absolute atomic E-state index is 6.52. The smallest absolute Gasteiger partial charge is 0.122 e. The molecule has 1 heterocycles. The highest BCUT2D eigenvalue weighted by molar-refractivity contribution is 6.20. The lowest BCUT2D eigenvalue weighted by Gasteiger charge is -2.19. The molecule has 1 nitrogen and oxygen atoms in total. The fraction of sp³-hybridized carbons (Fsp3) is 0.647. The maximum Gasteiger partial charge on any atom is 0.122 e. The van der Waals surface area contributed by atoms with Crippen LogP contribution in [0.4, 0.5) is 0 Å². The second-order valence-corrected chi connectivity index (χ2v) is 6.02. The normalized spacial score (nSPS) is 15.7. The zero-order valence-electron chi connectivity index (χ0n) is 12.0. The van der Waals surface area contributed by atoms with Crippen molar-refractivity contribution >= 4 is 11.6 Å². The van der Waals surface area contributed by atoms with Gasteiger partial charge in [0.15, 0.2) is 0 Å². The fourth-order valence-electron chi connectivity index (χ4n) is 2.67. The lowest BCUT2D eigenvalue weighted by molar-refractivity contribution is 0.288. The average molecular weight is 281 g/mol. The van der Waals surface area contributed by atoms with Crippen molar-refractivity contribution in [3.05, 3.63) is 29.3 Å². The molecule has 0 radical (unpaired) electrons. The van der Waals surface area contributed by atoms with Crippen LogP contribution in [0.1, 0.15) is 68.4 Å². The predicted molar refractivity (Wildman–Crippen MR) is 82.2 cm³/mol. The Morgan fingerprint density at radius 2 is 2.05 bits per heavy atom. The Hall–Kier alpha value is -0.690. The highest BCUT2D eigenvalue weighted by Crippen LogP contribution is 2.32. The molecular weight excluding hydrogens is 256 g/mol. The zero-order chi connectivity index (χ0) is 13.5. The van der Waals surface area contributed by atoms with Crippen molar-refractivity contribution in [2.75, 3.05) is 6.61 Å². The SMILES string of the molecule is CCCCCCCC(Cl)c1ccc2c(c1)CCCO2. The molecule has 0 aromatic heterocycles. The van der Waals surface area contributed by atoms with Crippen LogP contribution >= 0.6 is 11.6 Å². The molecule has 1 aliphatic heterocycles. The van der Waals surface area contributed by atoms with Gasteiger partial charge >= 0.3 is 0 Å². The minimum Gasteiger partial charge on any atom is -0.493 e. The van der Waals surface area contributed by atoms with Crippen molar-refractivity contribution in [1.29, 1.82) is 0 Å². The Labute approximate surface area is 122 Å². The van der Waals surface area contributed by atoms with E-state index in [-0.39, 0.29) is 5.38 Å². The molecule has 0 spiro atoms. The van der Waals surface area contributed by atoms with E-state index in [0.29, 0.717) is 0 Å². The molecular formula is C17H25ClO. The van der Waals surface area contributed by atoms with E-state index in [4.69, 9.17) is 16.3 Å². The summed E-state index contributed by atoms with van der Waals surface area (Å²) in [6.45, 7) is 3.10. The summed E-state index contributed by atoms with van der Waals surface area (Å²) in [6.07, 6.45) is 9.89. The minimum atomic E-state index is 0.161. The largest absolute Gasteiger partial charge is 0.493 e. The zero-order valence-corrected chi connectivity index (χ0v) is 12.7. The second kappa shape index (κ2) is 7.79. The Balaban J connectivity index is 1.83. The maximum atomic E-state index is 6.52. The number of benzene rings is 1. The van der Waals surface area contributed by atoms with Crippen molar-refractivity contribution in [2.45, 2.75) is 63.7 Å². The van der Waals surface area contributed by atoms with Gasteiger partial charge in [-0.15, -0.1) is 11.6 Å². The van der Waals surface area contributed by atoms with Crippen LogP contribution in [0.25, 0.3) is 0 Å². The van der Waals surface area contributed by atoms with Crippen molar-refractivity contribution in [3.8, 4) is 5.75 Å². The number of fused-ring (bicyclic) bond motifs is 1. The molecule has 0 saturated carbocycles. The topological polar surface area (TPSA) is 9.23 Å². The highest BCUT2D eigenvalue weighted by Gasteiger charge is 2.14. The Bertz CT molecular complexity index is 389. The molecule has 2 rings (SSSR count). The van der Waals surface area contributed by atoms with Crippen LogP contribution in [0, 0.1) is 0 Å². The van der Waals surface area contributed by atoms with E-state index < -0.39 is 0 Å². The van der Waals surface area contributed by atoms with Crippen LogP contribution in [0.2, 0.25) is 0 Å².